The molecule has 5 heteroatoms. The lowest BCUT2D eigenvalue weighted by atomic mass is 10.2. The molecule has 2 atom stereocenters. The average molecular weight is 242 g/mol. The second kappa shape index (κ2) is 8.52. The maximum atomic E-state index is 11.2. The van der Waals surface area contributed by atoms with Gasteiger partial charge in [-0.1, -0.05) is 12.2 Å². The minimum absolute atomic E-state index is 0.176. The molecular formula is C12H18O5. The summed E-state index contributed by atoms with van der Waals surface area (Å²) in [5, 5.41) is 9.36. The van der Waals surface area contributed by atoms with E-state index < -0.39 is 24.1 Å². The van der Waals surface area contributed by atoms with E-state index in [1.165, 1.54) is 31.2 Å². The van der Waals surface area contributed by atoms with Gasteiger partial charge >= 0.3 is 11.9 Å². The van der Waals surface area contributed by atoms with E-state index in [9.17, 15) is 14.7 Å². The van der Waals surface area contributed by atoms with Gasteiger partial charge in [-0.2, -0.15) is 0 Å². The summed E-state index contributed by atoms with van der Waals surface area (Å²) in [5.41, 5.74) is 0. The molecule has 0 aromatic carbocycles. The number of esters is 2. The number of carbonyl (C=O) groups excluding carboxylic acids is 2. The molecule has 0 spiro atoms. The van der Waals surface area contributed by atoms with Crippen LogP contribution in [0.3, 0.4) is 0 Å². The number of aliphatic hydroxyl groups excluding tert-OH is 1. The molecule has 0 saturated heterocycles. The van der Waals surface area contributed by atoms with Crippen molar-refractivity contribution in [3.63, 3.8) is 0 Å². The van der Waals surface area contributed by atoms with Gasteiger partial charge in [0.15, 0.2) is 6.10 Å². The van der Waals surface area contributed by atoms with Crippen LogP contribution >= 0.6 is 0 Å². The molecule has 0 aromatic heterocycles. The van der Waals surface area contributed by atoms with Gasteiger partial charge in [-0.15, -0.1) is 0 Å². The van der Waals surface area contributed by atoms with Gasteiger partial charge in [-0.25, -0.2) is 9.59 Å². The van der Waals surface area contributed by atoms with E-state index in [1.54, 1.807) is 13.8 Å². The Morgan fingerprint density at radius 2 is 1.71 bits per heavy atom. The fourth-order valence-corrected chi connectivity index (χ4v) is 0.945. The van der Waals surface area contributed by atoms with Crippen molar-refractivity contribution in [3.8, 4) is 0 Å². The molecule has 0 aliphatic carbocycles. The van der Waals surface area contributed by atoms with Crippen LogP contribution in [0, 0.1) is 0 Å². The van der Waals surface area contributed by atoms with Gasteiger partial charge in [-0.05, 0) is 20.8 Å². The lowest BCUT2D eigenvalue weighted by Crippen LogP contribution is -2.33. The third-order valence-corrected chi connectivity index (χ3v) is 1.80. The third-order valence-electron chi connectivity index (χ3n) is 1.80. The van der Waals surface area contributed by atoms with Gasteiger partial charge < -0.3 is 14.6 Å². The van der Waals surface area contributed by atoms with E-state index in [0.717, 1.165) is 0 Å². The number of aliphatic hydroxyl groups is 1. The summed E-state index contributed by atoms with van der Waals surface area (Å²) in [6.07, 6.45) is 3.74. The van der Waals surface area contributed by atoms with Gasteiger partial charge in [0, 0.05) is 12.2 Å². The van der Waals surface area contributed by atoms with E-state index >= 15 is 0 Å². The molecule has 0 aromatic rings. The Balaban J connectivity index is 4.25. The summed E-state index contributed by atoms with van der Waals surface area (Å²) in [6.45, 7) is 4.63. The van der Waals surface area contributed by atoms with Crippen LogP contribution in [-0.4, -0.2) is 35.9 Å². The lowest BCUT2D eigenvalue weighted by Gasteiger charge is -2.19. The van der Waals surface area contributed by atoms with Crippen LogP contribution in [0.2, 0.25) is 0 Å². The number of ether oxygens (including phenoxy) is 2. The van der Waals surface area contributed by atoms with Gasteiger partial charge in [0.1, 0.15) is 6.61 Å². The number of rotatable bonds is 6. The first kappa shape index (κ1) is 15.4. The highest BCUT2D eigenvalue weighted by Gasteiger charge is 2.20. The second-order valence-electron chi connectivity index (χ2n) is 3.35. The van der Waals surface area contributed by atoms with E-state index in [1.807, 2.05) is 0 Å². The van der Waals surface area contributed by atoms with Crippen LogP contribution in [0.4, 0.5) is 0 Å². The minimum atomic E-state index is -0.914. The SMILES string of the molecule is C/C=C\C(=O)OCC(OC(=O)/C=C\C)C(C)O. The molecule has 0 saturated carbocycles. The normalized spacial score (nSPS) is 14.8. The fraction of sp³-hybridized carbons (Fsp3) is 0.500. The fourth-order valence-electron chi connectivity index (χ4n) is 0.945. The Labute approximate surface area is 101 Å². The van der Waals surface area contributed by atoms with Crippen LogP contribution in [-0.2, 0) is 19.1 Å². The van der Waals surface area contributed by atoms with E-state index in [2.05, 4.69) is 0 Å². The monoisotopic (exact) mass is 242 g/mol. The molecule has 1 N–H and O–H groups in total. The number of hydrogen-bond acceptors (Lipinski definition) is 5. The maximum absolute atomic E-state index is 11.2. The van der Waals surface area contributed by atoms with Gasteiger partial charge in [0.05, 0.1) is 6.10 Å². The Hall–Kier alpha value is -1.62. The van der Waals surface area contributed by atoms with Crippen molar-refractivity contribution in [2.75, 3.05) is 6.61 Å². The Kier molecular flexibility index (Phi) is 7.71. The Morgan fingerprint density at radius 3 is 2.18 bits per heavy atom. The Bertz CT molecular complexity index is 304. The lowest BCUT2D eigenvalue weighted by molar-refractivity contribution is -0.159. The first-order chi connectivity index (χ1) is 8.01. The molecule has 0 heterocycles. The van der Waals surface area contributed by atoms with Gasteiger partial charge in [0.25, 0.3) is 0 Å². The zero-order valence-corrected chi connectivity index (χ0v) is 10.3. The number of hydrogen-bond donors (Lipinski definition) is 1. The second-order valence-corrected chi connectivity index (χ2v) is 3.35. The molecule has 0 aliphatic rings. The van der Waals surface area contributed by atoms with Crippen molar-refractivity contribution in [1.82, 2.24) is 0 Å². The summed E-state index contributed by atoms with van der Waals surface area (Å²) >= 11 is 0. The number of allylic oxidation sites excluding steroid dienone is 2. The summed E-state index contributed by atoms with van der Waals surface area (Å²) in [5.74, 6) is -1.12. The quantitative estimate of drug-likeness (QED) is 0.555. The van der Waals surface area contributed by atoms with Gasteiger partial charge in [0.2, 0.25) is 0 Å². The van der Waals surface area contributed by atoms with Crippen LogP contribution in [0.1, 0.15) is 20.8 Å². The van der Waals surface area contributed by atoms with E-state index in [0.29, 0.717) is 0 Å². The molecule has 96 valence electrons. The van der Waals surface area contributed by atoms with Crippen molar-refractivity contribution in [2.45, 2.75) is 33.0 Å². The highest BCUT2D eigenvalue weighted by molar-refractivity contribution is 5.82. The van der Waals surface area contributed by atoms with Crippen molar-refractivity contribution in [2.24, 2.45) is 0 Å². The zero-order chi connectivity index (χ0) is 13.3. The molecule has 5 nitrogen and oxygen atoms in total. The first-order valence-corrected chi connectivity index (χ1v) is 5.32. The zero-order valence-electron chi connectivity index (χ0n) is 10.3. The predicted molar refractivity (Wildman–Crippen MR) is 62.1 cm³/mol. The van der Waals surface area contributed by atoms with Crippen LogP contribution in [0.15, 0.2) is 24.3 Å². The van der Waals surface area contributed by atoms with Gasteiger partial charge in [-0.3, -0.25) is 0 Å². The molecule has 2 unspecified atom stereocenters. The molecule has 0 radical (unpaired) electrons. The van der Waals surface area contributed by atoms with Crippen LogP contribution in [0.5, 0.6) is 0 Å². The number of carbonyl (C=O) groups is 2. The smallest absolute Gasteiger partial charge is 0.330 e. The summed E-state index contributed by atoms with van der Waals surface area (Å²) in [7, 11) is 0. The van der Waals surface area contributed by atoms with Crippen molar-refractivity contribution >= 4 is 11.9 Å². The molecule has 17 heavy (non-hydrogen) atoms. The van der Waals surface area contributed by atoms with Crippen LogP contribution < -0.4 is 0 Å². The van der Waals surface area contributed by atoms with Crippen molar-refractivity contribution < 1.29 is 24.2 Å². The molecule has 0 aliphatic heterocycles. The summed E-state index contributed by atoms with van der Waals surface area (Å²) in [6, 6.07) is 0. The molecule has 0 fully saturated rings. The van der Waals surface area contributed by atoms with E-state index in [4.69, 9.17) is 9.47 Å². The highest BCUT2D eigenvalue weighted by Crippen LogP contribution is 2.02. The first-order valence-electron chi connectivity index (χ1n) is 5.32. The van der Waals surface area contributed by atoms with E-state index in [-0.39, 0.29) is 6.61 Å². The molecule has 0 amide bonds. The largest absolute Gasteiger partial charge is 0.458 e. The average Bonchev–Trinajstić information content (AvgIpc) is 2.24. The minimum Gasteiger partial charge on any atom is -0.458 e. The topological polar surface area (TPSA) is 72.8 Å². The standard InChI is InChI=1S/C12H18O5/c1-4-6-11(14)16-8-10(9(3)13)17-12(15)7-5-2/h4-7,9-10,13H,8H2,1-3H3/b6-4-,7-5-. The predicted octanol–water partition coefficient (Wildman–Crippen LogP) is 0.974. The summed E-state index contributed by atoms with van der Waals surface area (Å²) in [4.78, 5) is 22.2. The molecule has 0 bridgehead atoms. The third kappa shape index (κ3) is 7.30. The maximum Gasteiger partial charge on any atom is 0.330 e. The molecule has 0 rings (SSSR count). The Morgan fingerprint density at radius 1 is 1.18 bits per heavy atom. The van der Waals surface area contributed by atoms with Crippen molar-refractivity contribution in [1.29, 1.82) is 0 Å². The van der Waals surface area contributed by atoms with Crippen molar-refractivity contribution in [3.05, 3.63) is 24.3 Å². The molecular weight excluding hydrogens is 224 g/mol. The highest BCUT2D eigenvalue weighted by atomic mass is 16.6. The van der Waals surface area contributed by atoms with Crippen LogP contribution in [0.25, 0.3) is 0 Å². The summed E-state index contributed by atoms with van der Waals surface area (Å²) < 4.78 is 9.70.